The van der Waals surface area contributed by atoms with Crippen LogP contribution in [0.3, 0.4) is 0 Å². The summed E-state index contributed by atoms with van der Waals surface area (Å²) in [6.45, 7) is 2.02. The van der Waals surface area contributed by atoms with E-state index in [1.54, 1.807) is 0 Å². The molecule has 0 bridgehead atoms. The third kappa shape index (κ3) is 2.29. The maximum atomic E-state index is 14.3. The van der Waals surface area contributed by atoms with E-state index in [2.05, 4.69) is 10.1 Å². The first-order valence-corrected chi connectivity index (χ1v) is 9.41. The number of alkyl halides is 1. The van der Waals surface area contributed by atoms with Crippen LogP contribution in [0.1, 0.15) is 49.8 Å². The molecule has 1 aromatic carbocycles. The van der Waals surface area contributed by atoms with Crippen LogP contribution in [0.15, 0.2) is 35.5 Å². The Labute approximate surface area is 134 Å². The summed E-state index contributed by atoms with van der Waals surface area (Å²) in [4.78, 5) is 4.04. The zero-order valence-corrected chi connectivity index (χ0v) is 13.6. The van der Waals surface area contributed by atoms with E-state index in [4.69, 9.17) is 0 Å². The molecule has 0 saturated heterocycles. The standard InChI is InChI=1S/C16H18FN3O2S/c1-10-7-12(8-10)23(21,22)16-18-15-13(17)9-14(20(15)19-16)11-5-3-2-4-6-11/h2-6,10,12-14H,7-9H2,1H3/t10?,12?,13-,14-/m0/s1. The lowest BCUT2D eigenvalue weighted by Crippen LogP contribution is -2.35. The average Bonchev–Trinajstić information content (AvgIpc) is 3.06. The van der Waals surface area contributed by atoms with E-state index >= 15 is 0 Å². The first-order chi connectivity index (χ1) is 11.0. The van der Waals surface area contributed by atoms with Gasteiger partial charge in [-0.25, -0.2) is 17.5 Å². The second kappa shape index (κ2) is 5.12. The van der Waals surface area contributed by atoms with Gasteiger partial charge >= 0.3 is 0 Å². The van der Waals surface area contributed by atoms with Gasteiger partial charge in [-0.3, -0.25) is 0 Å². The van der Waals surface area contributed by atoms with Crippen molar-refractivity contribution in [2.75, 3.05) is 0 Å². The summed E-state index contributed by atoms with van der Waals surface area (Å²) in [6, 6.07) is 9.15. The molecule has 0 spiro atoms. The molecule has 1 saturated carbocycles. The minimum Gasteiger partial charge on any atom is -0.239 e. The maximum absolute atomic E-state index is 14.3. The van der Waals surface area contributed by atoms with E-state index in [1.165, 1.54) is 4.68 Å². The predicted octanol–water partition coefficient (Wildman–Crippen LogP) is 2.85. The van der Waals surface area contributed by atoms with Crippen molar-refractivity contribution in [3.8, 4) is 0 Å². The number of hydrogen-bond acceptors (Lipinski definition) is 4. The Morgan fingerprint density at radius 1 is 1.17 bits per heavy atom. The lowest BCUT2D eigenvalue weighted by atomic mass is 9.87. The summed E-state index contributed by atoms with van der Waals surface area (Å²) >= 11 is 0. The second-order valence-corrected chi connectivity index (χ2v) is 8.69. The number of hydrogen-bond donors (Lipinski definition) is 0. The molecule has 2 aromatic rings. The summed E-state index contributed by atoms with van der Waals surface area (Å²) < 4.78 is 40.9. The number of sulfone groups is 1. The van der Waals surface area contributed by atoms with Crippen LogP contribution in [-0.2, 0) is 9.84 Å². The molecule has 23 heavy (non-hydrogen) atoms. The molecule has 0 amide bonds. The average molecular weight is 335 g/mol. The zero-order chi connectivity index (χ0) is 16.2. The van der Waals surface area contributed by atoms with Crippen molar-refractivity contribution in [3.63, 3.8) is 0 Å². The molecule has 0 N–H and O–H groups in total. The molecule has 5 nitrogen and oxygen atoms in total. The van der Waals surface area contributed by atoms with Crippen LogP contribution in [-0.4, -0.2) is 28.4 Å². The van der Waals surface area contributed by atoms with Crippen molar-refractivity contribution in [2.24, 2.45) is 5.92 Å². The SMILES string of the molecule is CC1CC(S(=O)(=O)c2nc3n(n2)[C@H](c2ccccc2)C[C@@H]3F)C1. The van der Waals surface area contributed by atoms with Crippen LogP contribution in [0.2, 0.25) is 0 Å². The lowest BCUT2D eigenvalue weighted by Gasteiger charge is -2.30. The summed E-state index contributed by atoms with van der Waals surface area (Å²) in [7, 11) is -3.55. The lowest BCUT2D eigenvalue weighted by molar-refractivity contribution is 0.325. The van der Waals surface area contributed by atoms with Crippen molar-refractivity contribution >= 4 is 9.84 Å². The van der Waals surface area contributed by atoms with Crippen LogP contribution in [0, 0.1) is 5.92 Å². The monoisotopic (exact) mass is 335 g/mol. The largest absolute Gasteiger partial charge is 0.267 e. The molecule has 1 aliphatic heterocycles. The highest BCUT2D eigenvalue weighted by Gasteiger charge is 2.43. The number of rotatable bonds is 3. The van der Waals surface area contributed by atoms with Gasteiger partial charge in [0.25, 0.3) is 5.16 Å². The Hall–Kier alpha value is -1.76. The highest BCUT2D eigenvalue weighted by atomic mass is 32.2. The fourth-order valence-corrected chi connectivity index (χ4v) is 5.35. The van der Waals surface area contributed by atoms with Gasteiger partial charge in [0.05, 0.1) is 11.3 Å². The highest BCUT2D eigenvalue weighted by Crippen LogP contribution is 2.41. The maximum Gasteiger partial charge on any atom is 0.267 e. The predicted molar refractivity (Wildman–Crippen MR) is 82.4 cm³/mol. The number of fused-ring (bicyclic) bond motifs is 1. The Morgan fingerprint density at radius 3 is 2.52 bits per heavy atom. The number of aromatic nitrogens is 3. The van der Waals surface area contributed by atoms with Gasteiger partial charge in [0.1, 0.15) is 0 Å². The molecular formula is C16H18FN3O2S. The summed E-state index contributed by atoms with van der Waals surface area (Å²) in [5, 5.41) is 3.54. The van der Waals surface area contributed by atoms with E-state index in [1.807, 2.05) is 37.3 Å². The zero-order valence-electron chi connectivity index (χ0n) is 12.8. The molecule has 2 heterocycles. The van der Waals surface area contributed by atoms with E-state index < -0.39 is 21.3 Å². The molecule has 2 atom stereocenters. The van der Waals surface area contributed by atoms with E-state index in [0.717, 1.165) is 5.56 Å². The molecule has 2 aliphatic rings. The minimum atomic E-state index is -3.55. The topological polar surface area (TPSA) is 64.8 Å². The molecule has 0 unspecified atom stereocenters. The van der Waals surface area contributed by atoms with Crippen molar-refractivity contribution in [2.45, 2.75) is 48.8 Å². The van der Waals surface area contributed by atoms with Crippen LogP contribution < -0.4 is 0 Å². The number of halogens is 1. The third-order valence-corrected chi connectivity index (χ3v) is 6.80. The number of nitrogens with zero attached hydrogens (tertiary/aromatic N) is 3. The van der Waals surface area contributed by atoms with E-state index in [9.17, 15) is 12.8 Å². The van der Waals surface area contributed by atoms with Crippen molar-refractivity contribution < 1.29 is 12.8 Å². The third-order valence-electron chi connectivity index (χ3n) is 4.85. The van der Waals surface area contributed by atoms with Crippen molar-refractivity contribution in [1.82, 2.24) is 14.8 Å². The normalized spacial score (nSPS) is 30.0. The van der Waals surface area contributed by atoms with E-state index in [0.29, 0.717) is 18.8 Å². The van der Waals surface area contributed by atoms with Gasteiger partial charge in [0, 0.05) is 6.42 Å². The summed E-state index contributed by atoms with van der Waals surface area (Å²) in [5.41, 5.74) is 0.917. The van der Waals surface area contributed by atoms with Gasteiger partial charge in [0.15, 0.2) is 12.0 Å². The summed E-state index contributed by atoms with van der Waals surface area (Å²) in [6.07, 6.45) is 0.234. The first kappa shape index (κ1) is 14.8. The molecule has 122 valence electrons. The molecule has 1 aromatic heterocycles. The molecule has 4 rings (SSSR count). The van der Waals surface area contributed by atoms with Crippen LogP contribution in [0.5, 0.6) is 0 Å². The van der Waals surface area contributed by atoms with Gasteiger partial charge in [-0.15, -0.1) is 5.10 Å². The van der Waals surface area contributed by atoms with Gasteiger partial charge in [0.2, 0.25) is 9.84 Å². The molecule has 0 radical (unpaired) electrons. The Kier molecular flexibility index (Phi) is 3.30. The van der Waals surface area contributed by atoms with Crippen molar-refractivity contribution in [3.05, 3.63) is 41.7 Å². The van der Waals surface area contributed by atoms with Gasteiger partial charge in [-0.1, -0.05) is 37.3 Å². The van der Waals surface area contributed by atoms with Crippen LogP contribution in [0.25, 0.3) is 0 Å². The highest BCUT2D eigenvalue weighted by molar-refractivity contribution is 7.91. The Bertz CT molecular complexity index is 828. The molecule has 1 aliphatic carbocycles. The van der Waals surface area contributed by atoms with E-state index in [-0.39, 0.29) is 23.4 Å². The second-order valence-electron chi connectivity index (χ2n) is 6.57. The smallest absolute Gasteiger partial charge is 0.239 e. The molecule has 1 fully saturated rings. The van der Waals surface area contributed by atoms with Gasteiger partial charge in [-0.2, -0.15) is 4.98 Å². The fraction of sp³-hybridized carbons (Fsp3) is 0.500. The minimum absolute atomic E-state index is 0.129. The Balaban J connectivity index is 1.71. The Morgan fingerprint density at radius 2 is 1.87 bits per heavy atom. The van der Waals surface area contributed by atoms with Crippen LogP contribution >= 0.6 is 0 Å². The fourth-order valence-electron chi connectivity index (χ4n) is 3.46. The summed E-state index contributed by atoms with van der Waals surface area (Å²) in [5.74, 6) is 0.542. The molecular weight excluding hydrogens is 317 g/mol. The number of benzene rings is 1. The van der Waals surface area contributed by atoms with Crippen molar-refractivity contribution in [1.29, 1.82) is 0 Å². The molecule has 7 heteroatoms. The van der Waals surface area contributed by atoms with Gasteiger partial charge < -0.3 is 0 Å². The van der Waals surface area contributed by atoms with Crippen LogP contribution in [0.4, 0.5) is 4.39 Å². The first-order valence-electron chi connectivity index (χ1n) is 7.86. The van der Waals surface area contributed by atoms with Gasteiger partial charge in [-0.05, 0) is 24.3 Å². The quantitative estimate of drug-likeness (QED) is 0.865.